The maximum Gasteiger partial charge on any atom is 0.155 e. The summed E-state index contributed by atoms with van der Waals surface area (Å²) in [7, 11) is 0. The first-order chi connectivity index (χ1) is 9.31. The van der Waals surface area contributed by atoms with Gasteiger partial charge in [0.2, 0.25) is 0 Å². The quantitative estimate of drug-likeness (QED) is 0.717. The standard InChI is InChI=1S/C15H12N2S2/c16-12-6-8-13(9-7-12)19-15-17-14(10-18-15)11-4-2-1-3-5-11/h1-10H,16H2. The average Bonchev–Trinajstić information content (AvgIpc) is 2.91. The summed E-state index contributed by atoms with van der Waals surface area (Å²) in [5.74, 6) is 0. The minimum Gasteiger partial charge on any atom is -0.399 e. The number of hydrogen-bond acceptors (Lipinski definition) is 4. The highest BCUT2D eigenvalue weighted by Gasteiger charge is 2.05. The van der Waals surface area contributed by atoms with E-state index in [1.165, 1.54) is 0 Å². The van der Waals surface area contributed by atoms with Gasteiger partial charge in [-0.15, -0.1) is 11.3 Å². The first-order valence-corrected chi connectivity index (χ1v) is 7.55. The maximum absolute atomic E-state index is 5.68. The summed E-state index contributed by atoms with van der Waals surface area (Å²) >= 11 is 3.33. The van der Waals surface area contributed by atoms with Crippen molar-refractivity contribution in [3.05, 3.63) is 60.0 Å². The fourth-order valence-corrected chi connectivity index (χ4v) is 3.48. The van der Waals surface area contributed by atoms with Gasteiger partial charge in [0.15, 0.2) is 4.34 Å². The SMILES string of the molecule is Nc1ccc(Sc2nc(-c3ccccc3)cs2)cc1. The third-order valence-corrected chi connectivity index (χ3v) is 4.58. The molecule has 0 aliphatic heterocycles. The summed E-state index contributed by atoms with van der Waals surface area (Å²) < 4.78 is 1.05. The van der Waals surface area contributed by atoms with E-state index in [4.69, 9.17) is 5.73 Å². The van der Waals surface area contributed by atoms with Gasteiger partial charge in [-0.05, 0) is 24.3 Å². The van der Waals surface area contributed by atoms with E-state index < -0.39 is 0 Å². The minimum atomic E-state index is 0.786. The molecule has 0 unspecified atom stereocenters. The Morgan fingerprint density at radius 1 is 0.947 bits per heavy atom. The molecule has 0 saturated carbocycles. The summed E-state index contributed by atoms with van der Waals surface area (Å²) in [5.41, 5.74) is 8.65. The topological polar surface area (TPSA) is 38.9 Å². The number of nitrogens with zero attached hydrogens (tertiary/aromatic N) is 1. The van der Waals surface area contributed by atoms with Gasteiger partial charge in [-0.1, -0.05) is 42.1 Å². The summed E-state index contributed by atoms with van der Waals surface area (Å²) in [6.45, 7) is 0. The molecule has 0 radical (unpaired) electrons. The first kappa shape index (κ1) is 12.3. The van der Waals surface area contributed by atoms with E-state index in [1.54, 1.807) is 23.1 Å². The summed E-state index contributed by atoms with van der Waals surface area (Å²) in [6, 6.07) is 18.1. The average molecular weight is 284 g/mol. The van der Waals surface area contributed by atoms with Gasteiger partial charge in [-0.2, -0.15) is 0 Å². The van der Waals surface area contributed by atoms with Crippen LogP contribution in [0.1, 0.15) is 0 Å². The van der Waals surface area contributed by atoms with Gasteiger partial charge in [0.05, 0.1) is 5.69 Å². The molecule has 1 aromatic heterocycles. The second-order valence-corrected chi connectivity index (χ2v) is 6.21. The van der Waals surface area contributed by atoms with Crippen molar-refractivity contribution in [3.8, 4) is 11.3 Å². The van der Waals surface area contributed by atoms with Crippen molar-refractivity contribution < 1.29 is 0 Å². The maximum atomic E-state index is 5.68. The molecule has 0 aliphatic rings. The Hall–Kier alpha value is -1.78. The largest absolute Gasteiger partial charge is 0.399 e. The molecule has 0 bridgehead atoms. The van der Waals surface area contributed by atoms with E-state index in [-0.39, 0.29) is 0 Å². The molecule has 19 heavy (non-hydrogen) atoms. The molecule has 3 aromatic rings. The van der Waals surface area contributed by atoms with Crippen molar-refractivity contribution in [2.75, 3.05) is 5.73 Å². The van der Waals surface area contributed by atoms with Crippen LogP contribution in [0.3, 0.4) is 0 Å². The molecule has 0 saturated heterocycles. The molecule has 2 nitrogen and oxygen atoms in total. The fourth-order valence-electron chi connectivity index (χ4n) is 1.68. The van der Waals surface area contributed by atoms with Crippen LogP contribution in [-0.4, -0.2) is 4.98 Å². The lowest BCUT2D eigenvalue weighted by Gasteiger charge is -1.98. The van der Waals surface area contributed by atoms with Crippen LogP contribution in [0.5, 0.6) is 0 Å². The van der Waals surface area contributed by atoms with E-state index in [9.17, 15) is 0 Å². The van der Waals surface area contributed by atoms with Crippen LogP contribution in [0.15, 0.2) is 69.2 Å². The third kappa shape index (κ3) is 2.97. The first-order valence-electron chi connectivity index (χ1n) is 5.85. The van der Waals surface area contributed by atoms with E-state index in [2.05, 4.69) is 22.5 Å². The van der Waals surface area contributed by atoms with Gasteiger partial charge in [0.25, 0.3) is 0 Å². The van der Waals surface area contributed by atoms with Crippen LogP contribution in [0, 0.1) is 0 Å². The third-order valence-electron chi connectivity index (χ3n) is 2.64. The monoisotopic (exact) mass is 284 g/mol. The second-order valence-electron chi connectivity index (χ2n) is 4.04. The molecular formula is C15H12N2S2. The lowest BCUT2D eigenvalue weighted by atomic mass is 10.2. The summed E-state index contributed by atoms with van der Waals surface area (Å²) in [4.78, 5) is 5.80. The molecule has 0 spiro atoms. The molecular weight excluding hydrogens is 272 g/mol. The molecule has 4 heteroatoms. The zero-order valence-electron chi connectivity index (χ0n) is 10.1. The molecule has 0 atom stereocenters. The number of thiazole rings is 1. The molecule has 2 aromatic carbocycles. The molecule has 2 N–H and O–H groups in total. The molecule has 94 valence electrons. The number of nitrogen functional groups attached to an aromatic ring is 1. The number of nitrogens with two attached hydrogens (primary N) is 1. The number of hydrogen-bond donors (Lipinski definition) is 1. The Balaban J connectivity index is 1.80. The number of rotatable bonds is 3. The van der Waals surface area contributed by atoms with Crippen molar-refractivity contribution in [2.24, 2.45) is 0 Å². The van der Waals surface area contributed by atoms with Gasteiger partial charge in [0, 0.05) is 21.5 Å². The Kier molecular flexibility index (Phi) is 3.53. The predicted molar refractivity (Wildman–Crippen MR) is 82.5 cm³/mol. The van der Waals surface area contributed by atoms with Crippen LogP contribution < -0.4 is 5.73 Å². The van der Waals surface area contributed by atoms with Crippen LogP contribution in [0.25, 0.3) is 11.3 Å². The Bertz CT molecular complexity index is 660. The van der Waals surface area contributed by atoms with Gasteiger partial charge < -0.3 is 5.73 Å². The minimum absolute atomic E-state index is 0.786. The van der Waals surface area contributed by atoms with E-state index >= 15 is 0 Å². The van der Waals surface area contributed by atoms with Gasteiger partial charge in [-0.25, -0.2) is 4.98 Å². The zero-order valence-corrected chi connectivity index (χ0v) is 11.7. The van der Waals surface area contributed by atoms with Crippen molar-refractivity contribution in [1.82, 2.24) is 4.98 Å². The molecule has 0 aliphatic carbocycles. The van der Waals surface area contributed by atoms with Crippen molar-refractivity contribution in [2.45, 2.75) is 9.24 Å². The fraction of sp³-hybridized carbons (Fsp3) is 0. The highest BCUT2D eigenvalue weighted by Crippen LogP contribution is 2.33. The van der Waals surface area contributed by atoms with Crippen molar-refractivity contribution >= 4 is 28.8 Å². The Morgan fingerprint density at radius 2 is 1.68 bits per heavy atom. The van der Waals surface area contributed by atoms with Crippen LogP contribution in [0.4, 0.5) is 5.69 Å². The van der Waals surface area contributed by atoms with Gasteiger partial charge >= 0.3 is 0 Å². The molecule has 0 fully saturated rings. The number of aromatic nitrogens is 1. The molecule has 1 heterocycles. The smallest absolute Gasteiger partial charge is 0.155 e. The summed E-state index contributed by atoms with van der Waals surface area (Å²) in [6.07, 6.45) is 0. The van der Waals surface area contributed by atoms with E-state index in [1.807, 2.05) is 42.5 Å². The zero-order chi connectivity index (χ0) is 13.1. The van der Waals surface area contributed by atoms with E-state index in [0.29, 0.717) is 0 Å². The normalized spacial score (nSPS) is 10.5. The molecule has 0 amide bonds. The van der Waals surface area contributed by atoms with Crippen LogP contribution >= 0.6 is 23.1 Å². The second kappa shape index (κ2) is 5.47. The number of anilines is 1. The van der Waals surface area contributed by atoms with Gasteiger partial charge in [0.1, 0.15) is 0 Å². The highest BCUT2D eigenvalue weighted by atomic mass is 32.2. The number of benzene rings is 2. The van der Waals surface area contributed by atoms with Crippen LogP contribution in [0.2, 0.25) is 0 Å². The van der Waals surface area contributed by atoms with E-state index in [0.717, 1.165) is 26.2 Å². The predicted octanol–water partition coefficient (Wildman–Crippen LogP) is 4.54. The lowest BCUT2D eigenvalue weighted by molar-refractivity contribution is 1.25. The van der Waals surface area contributed by atoms with Crippen molar-refractivity contribution in [1.29, 1.82) is 0 Å². The molecule has 3 rings (SSSR count). The van der Waals surface area contributed by atoms with Crippen molar-refractivity contribution in [3.63, 3.8) is 0 Å². The Morgan fingerprint density at radius 3 is 2.42 bits per heavy atom. The Labute approximate surface area is 120 Å². The summed E-state index contributed by atoms with van der Waals surface area (Å²) in [5, 5.41) is 2.09. The van der Waals surface area contributed by atoms with Gasteiger partial charge in [-0.3, -0.25) is 0 Å². The van der Waals surface area contributed by atoms with Crippen LogP contribution in [-0.2, 0) is 0 Å². The highest BCUT2D eigenvalue weighted by molar-refractivity contribution is 8.01. The lowest BCUT2D eigenvalue weighted by Crippen LogP contribution is -1.82.